The molecule has 0 aliphatic heterocycles. The Kier molecular flexibility index (Phi) is 6.57. The molecule has 162 valence electrons. The van der Waals surface area contributed by atoms with Gasteiger partial charge in [-0.15, -0.1) is 0 Å². The Morgan fingerprint density at radius 1 is 0.852 bits per heavy atom. The molecular weight excluding hydrogens is 460 g/mol. The van der Waals surface area contributed by atoms with Crippen molar-refractivity contribution in [1.29, 1.82) is 0 Å². The summed E-state index contributed by atoms with van der Waals surface area (Å²) in [6.45, 7) is 0. The largest absolute Gasteiger partial charge is 0.439 e. The SMILES string of the molecule is COS(=O)(=O)[N-]S(=O)(=O)C(F)(F)C(F)(F)C(F)(F)S(=O)(=O)OC1CCCC1. The van der Waals surface area contributed by atoms with Gasteiger partial charge < -0.3 is 4.13 Å². The van der Waals surface area contributed by atoms with Crippen molar-refractivity contribution in [3.05, 3.63) is 4.13 Å². The molecule has 0 aromatic heterocycles. The molecule has 0 bridgehead atoms. The Hall–Kier alpha value is -0.690. The predicted octanol–water partition coefficient (Wildman–Crippen LogP) is 1.69. The molecule has 0 aromatic carbocycles. The Balaban J connectivity index is 3.34. The van der Waals surface area contributed by atoms with Gasteiger partial charge in [-0.25, -0.2) is 16.8 Å². The number of hydrogen-bond donors (Lipinski definition) is 0. The van der Waals surface area contributed by atoms with Crippen LogP contribution >= 0.6 is 0 Å². The van der Waals surface area contributed by atoms with E-state index in [4.69, 9.17) is 0 Å². The minimum atomic E-state index is -7.23. The Morgan fingerprint density at radius 2 is 1.30 bits per heavy atom. The molecule has 0 atom stereocenters. The van der Waals surface area contributed by atoms with Crippen molar-refractivity contribution < 1.29 is 60.0 Å². The second-order valence-corrected chi connectivity index (χ2v) is 10.1. The van der Waals surface area contributed by atoms with Crippen molar-refractivity contribution in [3.63, 3.8) is 0 Å². The third-order valence-corrected chi connectivity index (χ3v) is 7.58. The smallest absolute Gasteiger partial charge is 0.406 e. The quantitative estimate of drug-likeness (QED) is 0.365. The molecule has 0 radical (unpaired) electrons. The van der Waals surface area contributed by atoms with Gasteiger partial charge in [-0.2, -0.15) is 34.8 Å². The molecule has 1 rings (SSSR count). The number of hydrogen-bond acceptors (Lipinski definition) is 8. The number of alkyl halides is 6. The molecule has 0 aromatic rings. The van der Waals surface area contributed by atoms with Crippen molar-refractivity contribution in [3.8, 4) is 0 Å². The Morgan fingerprint density at radius 3 is 1.70 bits per heavy atom. The van der Waals surface area contributed by atoms with E-state index in [2.05, 4.69) is 8.37 Å². The van der Waals surface area contributed by atoms with Gasteiger partial charge in [0.15, 0.2) is 10.0 Å². The minimum absolute atomic E-state index is 0.142. The zero-order valence-corrected chi connectivity index (χ0v) is 15.6. The highest BCUT2D eigenvalue weighted by Gasteiger charge is 2.81. The summed E-state index contributed by atoms with van der Waals surface area (Å²) in [7, 11) is -19.5. The van der Waals surface area contributed by atoms with Crippen molar-refractivity contribution in [1.82, 2.24) is 0 Å². The van der Waals surface area contributed by atoms with Crippen LogP contribution in [-0.4, -0.2) is 54.9 Å². The van der Waals surface area contributed by atoms with E-state index in [1.807, 2.05) is 0 Å². The molecule has 1 saturated carbocycles. The van der Waals surface area contributed by atoms with E-state index in [-0.39, 0.29) is 20.0 Å². The third-order valence-electron chi connectivity index (χ3n) is 3.33. The molecule has 0 saturated heterocycles. The zero-order chi connectivity index (χ0) is 21.5. The summed E-state index contributed by atoms with van der Waals surface area (Å²) in [5.74, 6) is -7.15. The molecule has 1 aliphatic carbocycles. The van der Waals surface area contributed by atoms with Crippen LogP contribution in [-0.2, 0) is 38.8 Å². The van der Waals surface area contributed by atoms with Gasteiger partial charge in [0.25, 0.3) is 0 Å². The highest BCUT2D eigenvalue weighted by atomic mass is 32.3. The molecule has 0 N–H and O–H groups in total. The Bertz CT molecular complexity index is 863. The van der Waals surface area contributed by atoms with Gasteiger partial charge in [-0.1, -0.05) is 12.8 Å². The summed E-state index contributed by atoms with van der Waals surface area (Å²) in [4.78, 5) is 0. The fraction of sp³-hybridized carbons (Fsp3) is 1.00. The van der Waals surface area contributed by atoms with Crippen LogP contribution in [0.2, 0.25) is 0 Å². The Labute approximate surface area is 150 Å². The van der Waals surface area contributed by atoms with Crippen LogP contribution in [0.15, 0.2) is 0 Å². The molecule has 18 heteroatoms. The van der Waals surface area contributed by atoms with E-state index in [0.717, 1.165) is 0 Å². The average molecular weight is 472 g/mol. The normalized spacial score (nSPS) is 18.8. The van der Waals surface area contributed by atoms with Gasteiger partial charge in [0, 0.05) is 0 Å². The van der Waals surface area contributed by atoms with Gasteiger partial charge in [0.1, 0.15) is 0 Å². The molecule has 0 unspecified atom stereocenters. The minimum Gasteiger partial charge on any atom is -0.406 e. The van der Waals surface area contributed by atoms with Gasteiger partial charge in [0.05, 0.1) is 13.2 Å². The van der Waals surface area contributed by atoms with Gasteiger partial charge in [0.2, 0.25) is 10.3 Å². The van der Waals surface area contributed by atoms with E-state index < -0.39 is 53.0 Å². The van der Waals surface area contributed by atoms with Gasteiger partial charge >= 0.3 is 26.5 Å². The molecule has 1 aliphatic rings. The second kappa shape index (κ2) is 7.29. The van der Waals surface area contributed by atoms with Crippen LogP contribution in [0.25, 0.3) is 4.13 Å². The van der Waals surface area contributed by atoms with E-state index in [0.29, 0.717) is 12.8 Å². The standard InChI is InChI=1S/C9H12F6NO8S3/c1-23-27(21,22)16-25(17,18)8(12,13)7(10,11)9(14,15)26(19,20)24-6-4-2-3-5-6/h6H,2-5H2,1H3/q-1. The lowest BCUT2D eigenvalue weighted by molar-refractivity contribution is -0.246. The molecular formula is C9H12F6NO8S3-. The first-order valence-corrected chi connectivity index (χ1v) is 10.9. The van der Waals surface area contributed by atoms with Crippen LogP contribution in [0.1, 0.15) is 25.7 Å². The molecule has 9 nitrogen and oxygen atoms in total. The number of halogens is 6. The summed E-state index contributed by atoms with van der Waals surface area (Å²) in [5, 5.41) is -13.7. The fourth-order valence-corrected chi connectivity index (χ4v) is 5.12. The van der Waals surface area contributed by atoms with Crippen LogP contribution in [0, 0.1) is 0 Å². The highest BCUT2D eigenvalue weighted by Crippen LogP contribution is 2.53. The summed E-state index contributed by atoms with van der Waals surface area (Å²) in [6.07, 6.45) is -1.19. The lowest BCUT2D eigenvalue weighted by Crippen LogP contribution is -2.61. The van der Waals surface area contributed by atoms with Crippen molar-refractivity contribution in [2.75, 3.05) is 7.11 Å². The highest BCUT2D eigenvalue weighted by molar-refractivity contribution is 8.10. The van der Waals surface area contributed by atoms with Crippen LogP contribution in [0.3, 0.4) is 0 Å². The molecule has 1 fully saturated rings. The predicted molar refractivity (Wildman–Crippen MR) is 75.3 cm³/mol. The first kappa shape index (κ1) is 24.3. The first-order chi connectivity index (χ1) is 11.8. The van der Waals surface area contributed by atoms with Crippen molar-refractivity contribution in [2.45, 2.75) is 48.2 Å². The summed E-state index contributed by atoms with van der Waals surface area (Å²) in [5.41, 5.74) is 0. The van der Waals surface area contributed by atoms with E-state index in [1.165, 1.54) is 4.13 Å². The molecule has 27 heavy (non-hydrogen) atoms. The second-order valence-electron chi connectivity index (χ2n) is 5.21. The zero-order valence-electron chi connectivity index (χ0n) is 13.1. The lowest BCUT2D eigenvalue weighted by Gasteiger charge is -2.35. The number of nitrogens with zero attached hydrogens (tertiary/aromatic N) is 1. The van der Waals surface area contributed by atoms with Crippen LogP contribution in [0.4, 0.5) is 26.3 Å². The van der Waals surface area contributed by atoms with Gasteiger partial charge in [-0.05, 0) is 12.8 Å². The lowest BCUT2D eigenvalue weighted by atomic mass is 10.3. The molecule has 0 amide bonds. The average Bonchev–Trinajstić information content (AvgIpc) is 2.97. The molecule has 0 spiro atoms. The van der Waals surface area contributed by atoms with E-state index >= 15 is 0 Å². The van der Waals surface area contributed by atoms with Crippen LogP contribution < -0.4 is 0 Å². The maximum atomic E-state index is 13.7. The first-order valence-electron chi connectivity index (χ1n) is 6.70. The maximum absolute atomic E-state index is 13.7. The van der Waals surface area contributed by atoms with Crippen molar-refractivity contribution >= 4 is 30.4 Å². The third kappa shape index (κ3) is 4.34. The van der Waals surface area contributed by atoms with Gasteiger partial charge in [-0.3, -0.25) is 8.37 Å². The number of sulfonamides is 1. The topological polar surface area (TPSA) is 135 Å². The van der Waals surface area contributed by atoms with Crippen molar-refractivity contribution in [2.24, 2.45) is 0 Å². The monoisotopic (exact) mass is 472 g/mol. The summed E-state index contributed by atoms with van der Waals surface area (Å²) in [6, 6.07) is 0. The van der Waals surface area contributed by atoms with E-state index in [1.54, 1.807) is 0 Å². The molecule has 0 heterocycles. The van der Waals surface area contributed by atoms with Crippen LogP contribution in [0.5, 0.6) is 0 Å². The maximum Gasteiger partial charge on any atom is 0.439 e. The summed E-state index contributed by atoms with van der Waals surface area (Å²) >= 11 is 0. The number of rotatable bonds is 9. The summed E-state index contributed by atoms with van der Waals surface area (Å²) < 4.78 is 157. The van der Waals surface area contributed by atoms with E-state index in [9.17, 15) is 51.6 Å². The fourth-order valence-electron chi connectivity index (χ4n) is 1.91.